The van der Waals surface area contributed by atoms with E-state index in [-0.39, 0.29) is 5.54 Å². The van der Waals surface area contributed by atoms with Crippen LogP contribution in [0.15, 0.2) is 12.3 Å². The standard InChI is InChI=1S/C10H17N7/c1-10(2,3)11-7-9-12-14-15-17(9)8-5-6-16(4)13-8/h5-6,11H,7H2,1-4H3. The van der Waals surface area contributed by atoms with Gasteiger partial charge in [0.05, 0.1) is 6.54 Å². The Balaban J connectivity index is 2.17. The third-order valence-electron chi connectivity index (χ3n) is 2.23. The lowest BCUT2D eigenvalue weighted by molar-refractivity contribution is 0.414. The summed E-state index contributed by atoms with van der Waals surface area (Å²) in [6, 6.07) is 1.87. The molecule has 7 heteroatoms. The van der Waals surface area contributed by atoms with Gasteiger partial charge < -0.3 is 5.32 Å². The summed E-state index contributed by atoms with van der Waals surface area (Å²) in [5.41, 5.74) is 0.0287. The molecule has 0 bridgehead atoms. The molecule has 1 N–H and O–H groups in total. The average Bonchev–Trinajstić information content (AvgIpc) is 2.81. The fraction of sp³-hybridized carbons (Fsp3) is 0.600. The fourth-order valence-corrected chi connectivity index (χ4v) is 1.35. The number of nitrogens with one attached hydrogen (secondary N) is 1. The molecule has 0 saturated heterocycles. The summed E-state index contributed by atoms with van der Waals surface area (Å²) >= 11 is 0. The van der Waals surface area contributed by atoms with Gasteiger partial charge in [0, 0.05) is 24.8 Å². The molecule has 0 saturated carbocycles. The Morgan fingerprint density at radius 1 is 1.35 bits per heavy atom. The molecule has 2 heterocycles. The molecule has 0 atom stereocenters. The molecule has 17 heavy (non-hydrogen) atoms. The minimum atomic E-state index is 0.0287. The van der Waals surface area contributed by atoms with Gasteiger partial charge in [-0.05, 0) is 31.2 Å². The second kappa shape index (κ2) is 4.25. The van der Waals surface area contributed by atoms with E-state index < -0.39 is 0 Å². The van der Waals surface area contributed by atoms with Crippen LogP contribution >= 0.6 is 0 Å². The number of rotatable bonds is 3. The zero-order valence-electron chi connectivity index (χ0n) is 10.5. The Morgan fingerprint density at radius 3 is 2.71 bits per heavy atom. The van der Waals surface area contributed by atoms with E-state index in [1.165, 1.54) is 0 Å². The van der Waals surface area contributed by atoms with Gasteiger partial charge in [-0.3, -0.25) is 4.68 Å². The van der Waals surface area contributed by atoms with Gasteiger partial charge in [0.25, 0.3) is 0 Å². The third kappa shape index (κ3) is 2.88. The van der Waals surface area contributed by atoms with Gasteiger partial charge in [-0.2, -0.15) is 9.78 Å². The number of nitrogens with zero attached hydrogens (tertiary/aromatic N) is 6. The first-order chi connectivity index (χ1) is 7.96. The van der Waals surface area contributed by atoms with Crippen molar-refractivity contribution in [3.63, 3.8) is 0 Å². The monoisotopic (exact) mass is 235 g/mol. The highest BCUT2D eigenvalue weighted by molar-refractivity contribution is 5.18. The van der Waals surface area contributed by atoms with E-state index in [0.29, 0.717) is 6.54 Å². The molecule has 2 aromatic heterocycles. The third-order valence-corrected chi connectivity index (χ3v) is 2.23. The van der Waals surface area contributed by atoms with Gasteiger partial charge in [-0.1, -0.05) is 0 Å². The quantitative estimate of drug-likeness (QED) is 0.827. The summed E-state index contributed by atoms with van der Waals surface area (Å²) in [4.78, 5) is 0. The minimum absolute atomic E-state index is 0.0287. The summed E-state index contributed by atoms with van der Waals surface area (Å²) in [6.07, 6.45) is 1.86. The molecule has 0 aromatic carbocycles. The van der Waals surface area contributed by atoms with Gasteiger partial charge in [0.1, 0.15) is 0 Å². The van der Waals surface area contributed by atoms with Crippen molar-refractivity contribution in [3.05, 3.63) is 18.1 Å². The highest BCUT2D eigenvalue weighted by Crippen LogP contribution is 2.06. The van der Waals surface area contributed by atoms with Gasteiger partial charge in [0.2, 0.25) is 0 Å². The van der Waals surface area contributed by atoms with Crippen LogP contribution in [0, 0.1) is 0 Å². The van der Waals surface area contributed by atoms with Crippen LogP contribution in [0.2, 0.25) is 0 Å². The Hall–Kier alpha value is -1.76. The van der Waals surface area contributed by atoms with Crippen LogP contribution in [0.3, 0.4) is 0 Å². The second-order valence-electron chi connectivity index (χ2n) is 4.96. The number of aromatic nitrogens is 6. The highest BCUT2D eigenvalue weighted by Gasteiger charge is 2.14. The molecular formula is C10H17N7. The summed E-state index contributed by atoms with van der Waals surface area (Å²) in [5.74, 6) is 1.47. The predicted molar refractivity (Wildman–Crippen MR) is 62.5 cm³/mol. The van der Waals surface area contributed by atoms with Crippen molar-refractivity contribution < 1.29 is 0 Å². The summed E-state index contributed by atoms with van der Waals surface area (Å²) < 4.78 is 3.36. The summed E-state index contributed by atoms with van der Waals surface area (Å²) in [7, 11) is 1.86. The van der Waals surface area contributed by atoms with Crippen molar-refractivity contribution in [2.45, 2.75) is 32.9 Å². The van der Waals surface area contributed by atoms with Gasteiger partial charge in [-0.25, -0.2) is 0 Å². The molecule has 0 aliphatic heterocycles. The van der Waals surface area contributed by atoms with E-state index in [4.69, 9.17) is 0 Å². The van der Waals surface area contributed by atoms with Crippen LogP contribution in [-0.4, -0.2) is 35.5 Å². The first-order valence-corrected chi connectivity index (χ1v) is 5.48. The molecule has 0 aliphatic rings. The lowest BCUT2D eigenvalue weighted by atomic mass is 10.1. The normalized spacial score (nSPS) is 12.0. The van der Waals surface area contributed by atoms with Crippen molar-refractivity contribution in [2.75, 3.05) is 0 Å². The maximum Gasteiger partial charge on any atom is 0.179 e. The number of aryl methyl sites for hydroxylation is 1. The molecule has 0 amide bonds. The van der Waals surface area contributed by atoms with Crippen LogP contribution in [0.25, 0.3) is 5.82 Å². The second-order valence-corrected chi connectivity index (χ2v) is 4.96. The minimum Gasteiger partial charge on any atom is -0.305 e. The molecule has 2 aromatic rings. The highest BCUT2D eigenvalue weighted by atomic mass is 15.6. The number of tetrazole rings is 1. The molecule has 7 nitrogen and oxygen atoms in total. The smallest absolute Gasteiger partial charge is 0.179 e. The fourth-order valence-electron chi connectivity index (χ4n) is 1.35. The van der Waals surface area contributed by atoms with Crippen LogP contribution in [0.4, 0.5) is 0 Å². The lowest BCUT2D eigenvalue weighted by Crippen LogP contribution is -2.36. The van der Waals surface area contributed by atoms with Crippen molar-refractivity contribution in [2.24, 2.45) is 7.05 Å². The molecule has 0 radical (unpaired) electrons. The zero-order chi connectivity index (χ0) is 12.5. The average molecular weight is 235 g/mol. The van der Waals surface area contributed by atoms with E-state index in [1.54, 1.807) is 9.36 Å². The molecule has 0 aliphatic carbocycles. The van der Waals surface area contributed by atoms with Crippen LogP contribution in [0.1, 0.15) is 26.6 Å². The number of hydrogen-bond acceptors (Lipinski definition) is 5. The predicted octanol–water partition coefficient (Wildman–Crippen LogP) is 0.284. The zero-order valence-corrected chi connectivity index (χ0v) is 10.5. The maximum absolute atomic E-state index is 4.27. The molecule has 0 fully saturated rings. The Labute approximate surface area is 99.8 Å². The Kier molecular flexibility index (Phi) is 2.93. The topological polar surface area (TPSA) is 73.5 Å². The van der Waals surface area contributed by atoms with Gasteiger partial charge in [-0.15, -0.1) is 5.10 Å². The van der Waals surface area contributed by atoms with E-state index in [9.17, 15) is 0 Å². The maximum atomic E-state index is 4.27. The van der Waals surface area contributed by atoms with E-state index in [2.05, 4.69) is 46.7 Å². The van der Waals surface area contributed by atoms with Crippen molar-refractivity contribution in [3.8, 4) is 5.82 Å². The molecule has 92 valence electrons. The molecule has 2 rings (SSSR count). The Bertz CT molecular complexity index is 491. The lowest BCUT2D eigenvalue weighted by Gasteiger charge is -2.19. The van der Waals surface area contributed by atoms with Crippen molar-refractivity contribution >= 4 is 0 Å². The molecule has 0 spiro atoms. The van der Waals surface area contributed by atoms with E-state index >= 15 is 0 Å². The summed E-state index contributed by atoms with van der Waals surface area (Å²) in [5, 5.41) is 19.2. The number of hydrogen-bond donors (Lipinski definition) is 1. The van der Waals surface area contributed by atoms with E-state index in [1.807, 2.05) is 19.3 Å². The van der Waals surface area contributed by atoms with Gasteiger partial charge >= 0.3 is 0 Å². The van der Waals surface area contributed by atoms with Gasteiger partial charge in [0.15, 0.2) is 11.6 Å². The van der Waals surface area contributed by atoms with E-state index in [0.717, 1.165) is 11.6 Å². The van der Waals surface area contributed by atoms with Crippen LogP contribution in [0.5, 0.6) is 0 Å². The van der Waals surface area contributed by atoms with Crippen LogP contribution < -0.4 is 5.32 Å². The molecule has 0 unspecified atom stereocenters. The summed E-state index contributed by atoms with van der Waals surface area (Å²) in [6.45, 7) is 6.90. The molecular weight excluding hydrogens is 218 g/mol. The van der Waals surface area contributed by atoms with Crippen LogP contribution in [-0.2, 0) is 13.6 Å². The Morgan fingerprint density at radius 2 is 2.12 bits per heavy atom. The SMILES string of the molecule is Cn1ccc(-n2nnnc2CNC(C)(C)C)n1. The van der Waals surface area contributed by atoms with Crippen molar-refractivity contribution in [1.29, 1.82) is 0 Å². The van der Waals surface area contributed by atoms with Crippen molar-refractivity contribution in [1.82, 2.24) is 35.3 Å². The first kappa shape index (κ1) is 11.7. The largest absolute Gasteiger partial charge is 0.305 e. The first-order valence-electron chi connectivity index (χ1n) is 5.48.